The van der Waals surface area contributed by atoms with Crippen LogP contribution in [-0.4, -0.2) is 29.6 Å². The standard InChI is InChI=1S/C18H21N3O3S/c1-6-23-18(22)15-11(3)14-16(19-12(4)20-17(14)25-15)21(5)9-13-8-7-10(2)24-13/h7-8H,6,9H2,1-5H3. The Morgan fingerprint density at radius 1 is 1.28 bits per heavy atom. The summed E-state index contributed by atoms with van der Waals surface area (Å²) in [5.74, 6) is 2.89. The third-order valence-electron chi connectivity index (χ3n) is 3.89. The fourth-order valence-corrected chi connectivity index (χ4v) is 3.88. The van der Waals surface area contributed by atoms with E-state index in [0.29, 0.717) is 23.9 Å². The SMILES string of the molecule is CCOC(=O)c1sc2nc(C)nc(N(C)Cc3ccc(C)o3)c2c1C. The third-order valence-corrected chi connectivity index (χ3v) is 5.06. The average molecular weight is 359 g/mol. The molecule has 0 atom stereocenters. The summed E-state index contributed by atoms with van der Waals surface area (Å²) in [5, 5.41) is 0.893. The molecular formula is C18H21N3O3S. The Bertz CT molecular complexity index is 929. The van der Waals surface area contributed by atoms with Crippen LogP contribution in [-0.2, 0) is 11.3 Å². The molecule has 132 valence electrons. The summed E-state index contributed by atoms with van der Waals surface area (Å²) >= 11 is 1.35. The summed E-state index contributed by atoms with van der Waals surface area (Å²) in [7, 11) is 1.96. The number of aromatic nitrogens is 2. The highest BCUT2D eigenvalue weighted by atomic mass is 32.1. The van der Waals surface area contributed by atoms with Crippen molar-refractivity contribution in [3.05, 3.63) is 39.9 Å². The van der Waals surface area contributed by atoms with Crippen LogP contribution in [0.5, 0.6) is 0 Å². The summed E-state index contributed by atoms with van der Waals surface area (Å²) in [6.45, 7) is 8.43. The van der Waals surface area contributed by atoms with E-state index < -0.39 is 0 Å². The van der Waals surface area contributed by atoms with Gasteiger partial charge in [0.15, 0.2) is 0 Å². The average Bonchev–Trinajstić information content (AvgIpc) is 3.10. The van der Waals surface area contributed by atoms with Gasteiger partial charge >= 0.3 is 5.97 Å². The number of aryl methyl sites for hydroxylation is 3. The molecule has 25 heavy (non-hydrogen) atoms. The number of rotatable bonds is 5. The first-order valence-electron chi connectivity index (χ1n) is 8.12. The molecule has 0 saturated carbocycles. The van der Waals surface area contributed by atoms with E-state index in [1.807, 2.05) is 44.9 Å². The maximum absolute atomic E-state index is 12.2. The number of hydrogen-bond acceptors (Lipinski definition) is 7. The second-order valence-electron chi connectivity index (χ2n) is 5.92. The molecule has 0 amide bonds. The van der Waals surface area contributed by atoms with Gasteiger partial charge in [-0.1, -0.05) is 0 Å². The van der Waals surface area contributed by atoms with Crippen molar-refractivity contribution in [2.24, 2.45) is 0 Å². The van der Waals surface area contributed by atoms with Crippen LogP contribution in [0.4, 0.5) is 5.82 Å². The molecule has 0 bridgehead atoms. The molecular weight excluding hydrogens is 338 g/mol. The van der Waals surface area contributed by atoms with Crippen LogP contribution in [0.15, 0.2) is 16.5 Å². The van der Waals surface area contributed by atoms with Crippen LogP contribution >= 0.6 is 11.3 Å². The second-order valence-corrected chi connectivity index (χ2v) is 6.92. The van der Waals surface area contributed by atoms with E-state index in [9.17, 15) is 4.79 Å². The lowest BCUT2D eigenvalue weighted by Gasteiger charge is -2.18. The molecule has 0 aromatic carbocycles. The summed E-state index contributed by atoms with van der Waals surface area (Å²) in [6.07, 6.45) is 0. The minimum absolute atomic E-state index is 0.309. The Morgan fingerprint density at radius 2 is 2.04 bits per heavy atom. The molecule has 0 radical (unpaired) electrons. The quantitative estimate of drug-likeness (QED) is 0.641. The van der Waals surface area contributed by atoms with E-state index in [1.165, 1.54) is 11.3 Å². The van der Waals surface area contributed by atoms with E-state index in [1.54, 1.807) is 6.92 Å². The molecule has 3 aromatic rings. The van der Waals surface area contributed by atoms with Gasteiger partial charge in [0.2, 0.25) is 0 Å². The number of fused-ring (bicyclic) bond motifs is 1. The van der Waals surface area contributed by atoms with Crippen LogP contribution in [0.25, 0.3) is 10.2 Å². The minimum atomic E-state index is -0.309. The first kappa shape index (κ1) is 17.4. The van der Waals surface area contributed by atoms with E-state index in [2.05, 4.69) is 9.97 Å². The van der Waals surface area contributed by atoms with Crippen molar-refractivity contribution in [2.45, 2.75) is 34.2 Å². The number of thiophene rings is 1. The largest absolute Gasteiger partial charge is 0.464 e. The van der Waals surface area contributed by atoms with Gasteiger partial charge in [0, 0.05) is 7.05 Å². The number of carbonyl (C=O) groups is 1. The zero-order valence-electron chi connectivity index (χ0n) is 15.0. The van der Waals surface area contributed by atoms with Crippen molar-refractivity contribution >= 4 is 33.3 Å². The predicted octanol–water partition coefficient (Wildman–Crippen LogP) is 4.02. The molecule has 0 fully saturated rings. The molecule has 0 saturated heterocycles. The molecule has 0 N–H and O–H groups in total. The summed E-state index contributed by atoms with van der Waals surface area (Å²) in [5.41, 5.74) is 0.857. The van der Waals surface area contributed by atoms with Crippen molar-refractivity contribution in [3.63, 3.8) is 0 Å². The van der Waals surface area contributed by atoms with Gasteiger partial charge in [-0.05, 0) is 45.4 Å². The first-order valence-corrected chi connectivity index (χ1v) is 8.93. The Balaban J connectivity index is 2.06. The van der Waals surface area contributed by atoms with Gasteiger partial charge < -0.3 is 14.1 Å². The van der Waals surface area contributed by atoms with Crippen LogP contribution in [0.3, 0.4) is 0 Å². The summed E-state index contributed by atoms with van der Waals surface area (Å²) in [6, 6.07) is 3.90. The maximum Gasteiger partial charge on any atom is 0.348 e. The minimum Gasteiger partial charge on any atom is -0.464 e. The molecule has 7 heteroatoms. The van der Waals surface area contributed by atoms with Gasteiger partial charge in [-0.15, -0.1) is 11.3 Å². The van der Waals surface area contributed by atoms with Crippen LogP contribution in [0.2, 0.25) is 0 Å². The Labute approximate surface area is 150 Å². The molecule has 3 rings (SSSR count). The molecule has 3 aromatic heterocycles. The molecule has 0 aliphatic rings. The van der Waals surface area contributed by atoms with E-state index in [4.69, 9.17) is 9.15 Å². The predicted molar refractivity (Wildman–Crippen MR) is 98.4 cm³/mol. The lowest BCUT2D eigenvalue weighted by atomic mass is 10.2. The summed E-state index contributed by atoms with van der Waals surface area (Å²) in [4.78, 5) is 24.7. The maximum atomic E-state index is 12.2. The van der Waals surface area contributed by atoms with E-state index >= 15 is 0 Å². The highest BCUT2D eigenvalue weighted by Gasteiger charge is 2.22. The van der Waals surface area contributed by atoms with Crippen molar-refractivity contribution in [2.75, 3.05) is 18.6 Å². The number of carbonyl (C=O) groups excluding carboxylic acids is 1. The monoisotopic (exact) mass is 359 g/mol. The molecule has 6 nitrogen and oxygen atoms in total. The second kappa shape index (κ2) is 6.84. The first-order chi connectivity index (χ1) is 11.9. The van der Waals surface area contributed by atoms with Crippen molar-refractivity contribution in [1.29, 1.82) is 0 Å². The van der Waals surface area contributed by atoms with Gasteiger partial charge in [0.05, 0.1) is 18.5 Å². The lowest BCUT2D eigenvalue weighted by Crippen LogP contribution is -2.18. The fourth-order valence-electron chi connectivity index (χ4n) is 2.77. The van der Waals surface area contributed by atoms with Crippen molar-refractivity contribution in [1.82, 2.24) is 9.97 Å². The molecule has 0 spiro atoms. The summed E-state index contributed by atoms with van der Waals surface area (Å²) < 4.78 is 10.8. The molecule has 3 heterocycles. The zero-order chi connectivity index (χ0) is 18.1. The van der Waals surface area contributed by atoms with Gasteiger partial charge in [0.25, 0.3) is 0 Å². The number of nitrogens with zero attached hydrogens (tertiary/aromatic N) is 3. The Kier molecular flexibility index (Phi) is 4.76. The highest BCUT2D eigenvalue weighted by molar-refractivity contribution is 7.20. The normalized spacial score (nSPS) is 11.1. The van der Waals surface area contributed by atoms with E-state index in [-0.39, 0.29) is 5.97 Å². The smallest absolute Gasteiger partial charge is 0.348 e. The number of anilines is 1. The van der Waals surface area contributed by atoms with Crippen LogP contribution in [0.1, 0.15) is 39.5 Å². The topological polar surface area (TPSA) is 68.5 Å². The van der Waals surface area contributed by atoms with E-state index in [0.717, 1.165) is 33.1 Å². The number of ether oxygens (including phenoxy) is 1. The Morgan fingerprint density at radius 3 is 2.68 bits per heavy atom. The van der Waals surface area contributed by atoms with Gasteiger partial charge in [-0.25, -0.2) is 14.8 Å². The van der Waals surface area contributed by atoms with Crippen LogP contribution < -0.4 is 4.90 Å². The lowest BCUT2D eigenvalue weighted by molar-refractivity contribution is 0.0531. The van der Waals surface area contributed by atoms with Crippen LogP contribution in [0, 0.1) is 20.8 Å². The highest BCUT2D eigenvalue weighted by Crippen LogP contribution is 2.36. The zero-order valence-corrected chi connectivity index (χ0v) is 15.9. The van der Waals surface area contributed by atoms with Gasteiger partial charge in [0.1, 0.15) is 32.9 Å². The molecule has 0 unspecified atom stereocenters. The molecule has 0 aliphatic carbocycles. The van der Waals surface area contributed by atoms with Gasteiger partial charge in [-0.3, -0.25) is 0 Å². The van der Waals surface area contributed by atoms with Crippen molar-refractivity contribution < 1.29 is 13.9 Å². The van der Waals surface area contributed by atoms with Crippen molar-refractivity contribution in [3.8, 4) is 0 Å². The molecule has 0 aliphatic heterocycles. The Hall–Kier alpha value is -2.41. The fraction of sp³-hybridized carbons (Fsp3) is 0.389. The number of furan rings is 1. The number of hydrogen-bond donors (Lipinski definition) is 0. The third kappa shape index (κ3) is 3.37. The van der Waals surface area contributed by atoms with Gasteiger partial charge in [-0.2, -0.15) is 0 Å². The number of esters is 1.